The van der Waals surface area contributed by atoms with Crippen molar-refractivity contribution in [1.29, 1.82) is 0 Å². The summed E-state index contributed by atoms with van der Waals surface area (Å²) in [6.07, 6.45) is 7.46. The first-order valence-corrected chi connectivity index (χ1v) is 13.3. The molecule has 1 aromatic rings. The molecular weight excluding hydrogens is 458 g/mol. The summed E-state index contributed by atoms with van der Waals surface area (Å²) in [5.74, 6) is -0.986. The van der Waals surface area contributed by atoms with E-state index in [4.69, 9.17) is 9.47 Å². The summed E-state index contributed by atoms with van der Waals surface area (Å²) in [6.45, 7) is 8.46. The molecule has 2 N–H and O–H groups in total. The highest BCUT2D eigenvalue weighted by molar-refractivity contribution is 6.02. The largest absolute Gasteiger partial charge is 0.494 e. The molecule has 7 atom stereocenters. The highest BCUT2D eigenvalue weighted by Gasteiger charge is 2.73. The van der Waals surface area contributed by atoms with Crippen molar-refractivity contribution in [3.8, 4) is 5.75 Å². The second kappa shape index (κ2) is 9.54. The van der Waals surface area contributed by atoms with Crippen LogP contribution in [0.1, 0.15) is 53.4 Å². The molecule has 7 unspecified atom stereocenters. The molecule has 3 amide bonds. The lowest BCUT2D eigenvalue weighted by atomic mass is 9.74. The molecule has 3 fully saturated rings. The van der Waals surface area contributed by atoms with Gasteiger partial charge in [0, 0.05) is 17.8 Å². The van der Waals surface area contributed by atoms with Gasteiger partial charge in [-0.15, -0.1) is 0 Å². The third kappa shape index (κ3) is 3.99. The van der Waals surface area contributed by atoms with Crippen LogP contribution in [0.3, 0.4) is 0 Å². The van der Waals surface area contributed by atoms with E-state index in [1.54, 1.807) is 29.2 Å². The minimum Gasteiger partial charge on any atom is -0.494 e. The monoisotopic (exact) mass is 495 g/mol. The van der Waals surface area contributed by atoms with E-state index < -0.39 is 29.6 Å². The third-order valence-corrected chi connectivity index (χ3v) is 8.29. The Morgan fingerprint density at radius 3 is 2.56 bits per heavy atom. The molecule has 194 valence electrons. The maximum Gasteiger partial charge on any atom is 0.246 e. The average molecular weight is 496 g/mol. The van der Waals surface area contributed by atoms with E-state index in [0.29, 0.717) is 18.2 Å². The lowest BCUT2D eigenvalue weighted by molar-refractivity contribution is -0.143. The summed E-state index contributed by atoms with van der Waals surface area (Å²) in [5.41, 5.74) is -0.509. The van der Waals surface area contributed by atoms with Crippen LogP contribution >= 0.6 is 0 Å². The van der Waals surface area contributed by atoms with Crippen LogP contribution in [0.5, 0.6) is 5.75 Å². The fourth-order valence-corrected chi connectivity index (χ4v) is 6.58. The number of nitrogens with one attached hydrogen (secondary N) is 2. The van der Waals surface area contributed by atoms with Crippen molar-refractivity contribution in [3.63, 3.8) is 0 Å². The molecule has 1 saturated carbocycles. The van der Waals surface area contributed by atoms with Gasteiger partial charge in [0.25, 0.3) is 0 Å². The van der Waals surface area contributed by atoms with Gasteiger partial charge in [0.15, 0.2) is 0 Å². The van der Waals surface area contributed by atoms with E-state index in [0.717, 1.165) is 25.0 Å². The van der Waals surface area contributed by atoms with Gasteiger partial charge in [-0.25, -0.2) is 0 Å². The van der Waals surface area contributed by atoms with Crippen molar-refractivity contribution in [3.05, 3.63) is 36.4 Å². The number of amides is 3. The smallest absolute Gasteiger partial charge is 0.246 e. The summed E-state index contributed by atoms with van der Waals surface area (Å²) in [6, 6.07) is 6.24. The Bertz CT molecular complexity index is 1050. The lowest BCUT2D eigenvalue weighted by Gasteiger charge is -2.37. The van der Waals surface area contributed by atoms with Crippen molar-refractivity contribution < 1.29 is 23.9 Å². The summed E-state index contributed by atoms with van der Waals surface area (Å²) in [5, 5.41) is 6.19. The van der Waals surface area contributed by atoms with Gasteiger partial charge in [0.05, 0.1) is 24.5 Å². The maximum atomic E-state index is 13.8. The zero-order valence-electron chi connectivity index (χ0n) is 21.5. The molecular formula is C28H37N3O5. The Kier molecular flexibility index (Phi) is 6.57. The van der Waals surface area contributed by atoms with E-state index >= 15 is 0 Å². The molecule has 2 bridgehead atoms. The SMILES string of the molecule is CCOc1ccc(NC(=O)C2C3C=CC4(O3)C2C(=O)N(C(C)C)C4C(=O)NC2CCCCC2C)cc1. The number of rotatable bonds is 7. The zero-order valence-corrected chi connectivity index (χ0v) is 21.5. The number of hydrogen-bond acceptors (Lipinski definition) is 5. The van der Waals surface area contributed by atoms with E-state index in [1.165, 1.54) is 6.42 Å². The van der Waals surface area contributed by atoms with E-state index in [-0.39, 0.29) is 29.8 Å². The molecule has 4 aliphatic rings. The number of fused-ring (bicyclic) bond motifs is 1. The molecule has 1 spiro atoms. The average Bonchev–Trinajstić information content (AvgIpc) is 3.49. The third-order valence-electron chi connectivity index (χ3n) is 8.29. The normalized spacial score (nSPS) is 34.7. The molecule has 1 aliphatic carbocycles. The summed E-state index contributed by atoms with van der Waals surface area (Å²) in [4.78, 5) is 42.7. The quantitative estimate of drug-likeness (QED) is 0.566. The minimum atomic E-state index is -1.13. The molecule has 5 rings (SSSR count). The van der Waals surface area contributed by atoms with Crippen molar-refractivity contribution in [1.82, 2.24) is 10.2 Å². The number of carbonyl (C=O) groups excluding carboxylic acids is 3. The predicted octanol–water partition coefficient (Wildman–Crippen LogP) is 3.28. The van der Waals surface area contributed by atoms with Crippen molar-refractivity contribution in [2.45, 2.75) is 83.2 Å². The van der Waals surface area contributed by atoms with Crippen molar-refractivity contribution in [2.75, 3.05) is 11.9 Å². The molecule has 0 radical (unpaired) electrons. The van der Waals surface area contributed by atoms with Crippen molar-refractivity contribution >= 4 is 23.4 Å². The molecule has 36 heavy (non-hydrogen) atoms. The lowest BCUT2D eigenvalue weighted by Crippen LogP contribution is -2.58. The second-order valence-electron chi connectivity index (χ2n) is 10.9. The highest BCUT2D eigenvalue weighted by atomic mass is 16.5. The van der Waals surface area contributed by atoms with Gasteiger partial charge < -0.3 is 25.0 Å². The van der Waals surface area contributed by atoms with E-state index in [1.807, 2.05) is 32.9 Å². The molecule has 2 saturated heterocycles. The maximum absolute atomic E-state index is 13.8. The number of likely N-dealkylation sites (tertiary alicyclic amines) is 1. The van der Waals surface area contributed by atoms with Crippen molar-refractivity contribution in [2.24, 2.45) is 17.8 Å². The molecule has 0 aromatic heterocycles. The topological polar surface area (TPSA) is 97.0 Å². The van der Waals surface area contributed by atoms with Crippen LogP contribution in [0.25, 0.3) is 0 Å². The number of anilines is 1. The fraction of sp³-hybridized carbons (Fsp3) is 0.607. The molecule has 3 aliphatic heterocycles. The Labute approximate surface area is 212 Å². The standard InChI is InChI=1S/C28H37N3O5/c1-5-35-19-12-10-18(11-13-19)29-25(32)22-21-14-15-28(36-21)23(22)27(34)31(16(2)3)24(28)26(33)30-20-9-7-6-8-17(20)4/h10-17,20-24H,5-9H2,1-4H3,(H,29,32)(H,30,33). The molecule has 8 heteroatoms. The first-order valence-electron chi connectivity index (χ1n) is 13.3. The second-order valence-corrected chi connectivity index (χ2v) is 10.9. The Hall–Kier alpha value is -2.87. The fourth-order valence-electron chi connectivity index (χ4n) is 6.58. The summed E-state index contributed by atoms with van der Waals surface area (Å²) >= 11 is 0. The van der Waals surface area contributed by atoms with Crippen LogP contribution < -0.4 is 15.4 Å². The zero-order chi connectivity index (χ0) is 25.6. The van der Waals surface area contributed by atoms with Crippen LogP contribution in [0.15, 0.2) is 36.4 Å². The number of hydrogen-bond donors (Lipinski definition) is 2. The van der Waals surface area contributed by atoms with Gasteiger partial charge in [0.2, 0.25) is 17.7 Å². The van der Waals surface area contributed by atoms with Gasteiger partial charge in [-0.05, 0) is 63.8 Å². The van der Waals surface area contributed by atoms with Gasteiger partial charge in [-0.2, -0.15) is 0 Å². The number of ether oxygens (including phenoxy) is 2. The molecule has 3 heterocycles. The van der Waals surface area contributed by atoms with Gasteiger partial charge in [-0.3, -0.25) is 14.4 Å². The van der Waals surface area contributed by atoms with Gasteiger partial charge >= 0.3 is 0 Å². The van der Waals surface area contributed by atoms with Crippen LogP contribution in [-0.2, 0) is 19.1 Å². The Morgan fingerprint density at radius 2 is 1.89 bits per heavy atom. The highest BCUT2D eigenvalue weighted by Crippen LogP contribution is 2.55. The number of benzene rings is 1. The minimum absolute atomic E-state index is 0.0900. The molecule has 8 nitrogen and oxygen atoms in total. The summed E-state index contributed by atoms with van der Waals surface area (Å²) < 4.78 is 11.9. The first kappa shape index (κ1) is 24.8. The van der Waals surface area contributed by atoms with Gasteiger partial charge in [-0.1, -0.05) is 31.9 Å². The van der Waals surface area contributed by atoms with Gasteiger partial charge in [0.1, 0.15) is 17.4 Å². The first-order chi connectivity index (χ1) is 17.3. The summed E-state index contributed by atoms with van der Waals surface area (Å²) in [7, 11) is 0. The van der Waals surface area contributed by atoms with E-state index in [2.05, 4.69) is 17.6 Å². The Balaban J connectivity index is 1.39. The number of nitrogens with zero attached hydrogens (tertiary/aromatic N) is 1. The molecule has 1 aromatic carbocycles. The number of carbonyl (C=O) groups is 3. The van der Waals surface area contributed by atoms with Crippen LogP contribution in [0, 0.1) is 17.8 Å². The Morgan fingerprint density at radius 1 is 1.17 bits per heavy atom. The van der Waals surface area contributed by atoms with Crippen LogP contribution in [0.4, 0.5) is 5.69 Å². The van der Waals surface area contributed by atoms with Crippen LogP contribution in [0.2, 0.25) is 0 Å². The van der Waals surface area contributed by atoms with Crippen LogP contribution in [-0.4, -0.2) is 59.1 Å². The van der Waals surface area contributed by atoms with E-state index in [9.17, 15) is 14.4 Å². The predicted molar refractivity (Wildman–Crippen MR) is 135 cm³/mol.